The highest BCUT2D eigenvalue weighted by Gasteiger charge is 2.31. The lowest BCUT2D eigenvalue weighted by atomic mass is 10.2. The van der Waals surface area contributed by atoms with Crippen molar-refractivity contribution in [2.75, 3.05) is 30.5 Å². The minimum atomic E-state index is -0.807. The van der Waals surface area contributed by atoms with Crippen molar-refractivity contribution in [2.45, 2.75) is 0 Å². The number of ether oxygens (including phenoxy) is 1. The van der Waals surface area contributed by atoms with Gasteiger partial charge in [-0.15, -0.1) is 0 Å². The summed E-state index contributed by atoms with van der Waals surface area (Å²) < 4.78 is 4.96. The maximum atomic E-state index is 12.6. The Hall–Kier alpha value is -4.45. The molecule has 1 aliphatic rings. The molecule has 0 aromatic heterocycles. The lowest BCUT2D eigenvalue weighted by Gasteiger charge is -2.19. The molecule has 0 amide bonds. The average Bonchev–Trinajstić information content (AvgIpc) is 3.02. The van der Waals surface area contributed by atoms with Crippen LogP contribution in [0.4, 0.5) is 17.1 Å². The van der Waals surface area contributed by atoms with E-state index in [-0.39, 0.29) is 11.3 Å². The third kappa shape index (κ3) is 4.43. The Morgan fingerprint density at radius 2 is 1.77 bits per heavy atom. The van der Waals surface area contributed by atoms with Crippen LogP contribution < -0.4 is 9.80 Å². The summed E-state index contributed by atoms with van der Waals surface area (Å²) in [6.45, 7) is -0.609. The number of esters is 1. The molecule has 1 aliphatic heterocycles. The van der Waals surface area contributed by atoms with Gasteiger partial charge in [-0.2, -0.15) is 5.26 Å². The predicted molar refractivity (Wildman–Crippen MR) is 114 cm³/mol. The van der Waals surface area contributed by atoms with Crippen molar-refractivity contribution in [3.05, 3.63) is 81.7 Å². The van der Waals surface area contributed by atoms with Gasteiger partial charge in [0.05, 0.1) is 16.3 Å². The predicted octanol–water partition coefficient (Wildman–Crippen LogP) is 3.04. The molecule has 2 aromatic rings. The summed E-state index contributed by atoms with van der Waals surface area (Å²) in [6, 6.07) is 15.1. The third-order valence-corrected chi connectivity index (χ3v) is 4.69. The van der Waals surface area contributed by atoms with E-state index in [1.807, 2.05) is 30.3 Å². The Morgan fingerprint density at radius 3 is 2.35 bits per heavy atom. The van der Waals surface area contributed by atoms with Crippen LogP contribution in [-0.2, 0) is 14.3 Å². The van der Waals surface area contributed by atoms with Gasteiger partial charge in [0.15, 0.2) is 6.61 Å². The van der Waals surface area contributed by atoms with Gasteiger partial charge in [-0.3, -0.25) is 14.9 Å². The Kier molecular flexibility index (Phi) is 6.12. The molecule has 31 heavy (non-hydrogen) atoms. The molecule has 0 aliphatic carbocycles. The number of Topliss-reactive ketones (excluding diaryl/α,β-unsaturated/α-hetero) is 1. The van der Waals surface area contributed by atoms with Crippen molar-refractivity contribution in [3.63, 3.8) is 0 Å². The molecule has 0 unspecified atom stereocenters. The van der Waals surface area contributed by atoms with E-state index in [4.69, 9.17) is 4.74 Å². The molecular weight excluding hydrogens is 400 g/mol. The minimum absolute atomic E-state index is 0.109. The number of hydrogen-bond acceptors (Lipinski definition) is 8. The Morgan fingerprint density at radius 1 is 1.13 bits per heavy atom. The molecule has 2 aromatic carbocycles. The average molecular weight is 418 g/mol. The summed E-state index contributed by atoms with van der Waals surface area (Å²) in [7, 11) is 3.49. The second-order valence-electron chi connectivity index (χ2n) is 6.63. The van der Waals surface area contributed by atoms with E-state index < -0.39 is 23.3 Å². The van der Waals surface area contributed by atoms with Gasteiger partial charge in [0.25, 0.3) is 5.69 Å². The van der Waals surface area contributed by atoms with E-state index in [0.29, 0.717) is 11.4 Å². The first-order chi connectivity index (χ1) is 14.8. The van der Waals surface area contributed by atoms with Crippen molar-refractivity contribution < 1.29 is 19.2 Å². The molecule has 3 rings (SSSR count). The van der Waals surface area contributed by atoms with E-state index in [9.17, 15) is 25.0 Å². The van der Waals surface area contributed by atoms with Crippen LogP contribution in [0.3, 0.4) is 0 Å². The number of nitriles is 1. The van der Waals surface area contributed by atoms with Crippen molar-refractivity contribution >= 4 is 34.9 Å². The van der Waals surface area contributed by atoms with E-state index in [0.717, 1.165) is 17.5 Å². The van der Waals surface area contributed by atoms with Gasteiger partial charge in [-0.25, -0.2) is 4.79 Å². The highest BCUT2D eigenvalue weighted by Crippen LogP contribution is 2.40. The summed E-state index contributed by atoms with van der Waals surface area (Å²) in [5, 5.41) is 20.4. The largest absolute Gasteiger partial charge is 0.454 e. The number of para-hydroxylation sites is 2. The van der Waals surface area contributed by atoms with Crippen LogP contribution in [0.15, 0.2) is 66.0 Å². The van der Waals surface area contributed by atoms with Crippen molar-refractivity contribution in [1.82, 2.24) is 0 Å². The van der Waals surface area contributed by atoms with Gasteiger partial charge in [0, 0.05) is 32.3 Å². The number of carbonyl (C=O) groups excluding carboxylic acids is 2. The number of non-ortho nitro benzene ring substituents is 1. The fourth-order valence-corrected chi connectivity index (χ4v) is 3.22. The first-order valence-corrected chi connectivity index (χ1v) is 9.17. The summed E-state index contributed by atoms with van der Waals surface area (Å²) in [5.74, 6) is -1.04. The number of hydrogen-bond donors (Lipinski definition) is 0. The molecule has 0 spiro atoms. The van der Waals surface area contributed by atoms with Crippen molar-refractivity contribution in [3.8, 4) is 6.07 Å². The topological polar surface area (TPSA) is 117 Å². The SMILES string of the molecule is CN1C(=C(C#N)C(=O)COC(=O)C=Cc2cccc([N+](=O)[O-])c2)N(C)c2ccccc21. The Labute approximate surface area is 178 Å². The van der Waals surface area contributed by atoms with Crippen LogP contribution in [0.2, 0.25) is 0 Å². The standard InChI is InChI=1S/C22H18N4O5/c1-24-18-8-3-4-9-19(18)25(2)22(24)17(13-23)20(27)14-31-21(28)11-10-15-6-5-7-16(12-15)26(29)30/h3-12H,14H2,1-2H3. The first-order valence-electron chi connectivity index (χ1n) is 9.17. The smallest absolute Gasteiger partial charge is 0.331 e. The fourth-order valence-electron chi connectivity index (χ4n) is 3.22. The fraction of sp³-hybridized carbons (Fsp3) is 0.136. The summed E-state index contributed by atoms with van der Waals surface area (Å²) in [5.41, 5.74) is 1.89. The number of ketones is 1. The Balaban J connectivity index is 1.69. The molecule has 0 fully saturated rings. The number of rotatable bonds is 6. The monoisotopic (exact) mass is 418 g/mol. The van der Waals surface area contributed by atoms with Gasteiger partial charge in [-0.1, -0.05) is 24.3 Å². The lowest BCUT2D eigenvalue weighted by Crippen LogP contribution is -2.27. The Bertz CT molecular complexity index is 1130. The van der Waals surface area contributed by atoms with Gasteiger partial charge >= 0.3 is 5.97 Å². The number of benzene rings is 2. The maximum absolute atomic E-state index is 12.6. The highest BCUT2D eigenvalue weighted by molar-refractivity contribution is 6.04. The third-order valence-electron chi connectivity index (χ3n) is 4.69. The van der Waals surface area contributed by atoms with E-state index >= 15 is 0 Å². The normalized spacial score (nSPS) is 12.5. The zero-order valence-corrected chi connectivity index (χ0v) is 16.8. The summed E-state index contributed by atoms with van der Waals surface area (Å²) in [4.78, 5) is 38.3. The van der Waals surface area contributed by atoms with Crippen LogP contribution in [0.25, 0.3) is 6.08 Å². The van der Waals surface area contributed by atoms with Crippen LogP contribution in [-0.4, -0.2) is 37.4 Å². The number of nitro groups is 1. The van der Waals surface area contributed by atoms with Crippen LogP contribution >= 0.6 is 0 Å². The van der Waals surface area contributed by atoms with Crippen LogP contribution in [0.1, 0.15) is 5.56 Å². The number of fused-ring (bicyclic) bond motifs is 1. The van der Waals surface area contributed by atoms with Gasteiger partial charge in [0.1, 0.15) is 17.5 Å². The highest BCUT2D eigenvalue weighted by atomic mass is 16.6. The van der Waals surface area contributed by atoms with Gasteiger partial charge in [-0.05, 0) is 23.8 Å². The van der Waals surface area contributed by atoms with Gasteiger partial charge in [0.2, 0.25) is 5.78 Å². The molecular formula is C22H18N4O5. The molecule has 1 heterocycles. The molecule has 0 atom stereocenters. The zero-order valence-electron chi connectivity index (χ0n) is 16.8. The second-order valence-corrected chi connectivity index (χ2v) is 6.63. The quantitative estimate of drug-likeness (QED) is 0.231. The molecule has 0 saturated carbocycles. The molecule has 0 bridgehead atoms. The van der Waals surface area contributed by atoms with E-state index in [1.165, 1.54) is 24.3 Å². The summed E-state index contributed by atoms with van der Waals surface area (Å²) in [6.07, 6.45) is 2.41. The lowest BCUT2D eigenvalue weighted by molar-refractivity contribution is -0.384. The molecule has 0 radical (unpaired) electrons. The zero-order chi connectivity index (χ0) is 22.5. The number of carbonyl (C=O) groups is 2. The van der Waals surface area contributed by atoms with Crippen molar-refractivity contribution in [2.24, 2.45) is 0 Å². The molecule has 9 heteroatoms. The maximum Gasteiger partial charge on any atom is 0.331 e. The van der Waals surface area contributed by atoms with E-state index in [2.05, 4.69) is 0 Å². The summed E-state index contributed by atoms with van der Waals surface area (Å²) >= 11 is 0. The van der Waals surface area contributed by atoms with E-state index in [1.54, 1.807) is 30.0 Å². The molecule has 156 valence electrons. The molecule has 0 N–H and O–H groups in total. The van der Waals surface area contributed by atoms with Gasteiger partial charge < -0.3 is 14.5 Å². The molecule has 9 nitrogen and oxygen atoms in total. The number of anilines is 2. The second kappa shape index (κ2) is 8.92. The van der Waals surface area contributed by atoms with Crippen molar-refractivity contribution in [1.29, 1.82) is 5.26 Å². The van der Waals surface area contributed by atoms with Crippen LogP contribution in [0, 0.1) is 21.4 Å². The first kappa shape index (κ1) is 21.3. The number of nitro benzene ring substituents is 1. The van der Waals surface area contributed by atoms with Crippen LogP contribution in [0.5, 0.6) is 0 Å². The number of nitrogens with zero attached hydrogens (tertiary/aromatic N) is 4. The molecule has 0 saturated heterocycles. The minimum Gasteiger partial charge on any atom is -0.454 e.